The average Bonchev–Trinajstić information content (AvgIpc) is 2.75. The Labute approximate surface area is 190 Å². The zero-order valence-electron chi connectivity index (χ0n) is 15.8. The van der Waals surface area contributed by atoms with Crippen LogP contribution in [0.3, 0.4) is 0 Å². The number of oxime groups is 2. The molecule has 4 N–H and O–H groups in total. The van der Waals surface area contributed by atoms with Crippen LogP contribution in [0.25, 0.3) is 0 Å². The first-order valence-electron chi connectivity index (χ1n) is 8.90. The van der Waals surface area contributed by atoms with E-state index in [1.165, 1.54) is 0 Å². The van der Waals surface area contributed by atoms with Gasteiger partial charge in [0, 0.05) is 34.9 Å². The number of hydrogen-bond acceptors (Lipinski definition) is 6. The van der Waals surface area contributed by atoms with Gasteiger partial charge < -0.3 is 21.0 Å². The minimum absolute atomic E-state index is 0.0449. The van der Waals surface area contributed by atoms with Crippen LogP contribution in [0.15, 0.2) is 67.8 Å². The van der Waals surface area contributed by atoms with Crippen LogP contribution in [0.1, 0.15) is 11.1 Å². The summed E-state index contributed by atoms with van der Waals surface area (Å²) in [6.07, 6.45) is 0.326. The van der Waals surface area contributed by atoms with Crippen molar-refractivity contribution in [1.29, 1.82) is 0 Å². The van der Waals surface area contributed by atoms with Gasteiger partial charge >= 0.3 is 0 Å². The molecule has 0 aliphatic rings. The molecule has 0 bridgehead atoms. The van der Waals surface area contributed by atoms with E-state index in [-0.39, 0.29) is 37.4 Å². The number of carbonyl (C=O) groups excluding carboxylic acids is 2. The fourth-order valence-electron chi connectivity index (χ4n) is 2.47. The normalized spacial score (nSPS) is 11.8. The van der Waals surface area contributed by atoms with Crippen molar-refractivity contribution in [3.63, 3.8) is 0 Å². The van der Waals surface area contributed by atoms with Gasteiger partial charge in [0.25, 0.3) is 11.8 Å². The second kappa shape index (κ2) is 12.1. The predicted octanol–water partition coefficient (Wildman–Crippen LogP) is 2.89. The summed E-state index contributed by atoms with van der Waals surface area (Å²) < 4.78 is 1.81. The van der Waals surface area contributed by atoms with Crippen molar-refractivity contribution in [3.8, 4) is 0 Å². The molecule has 0 saturated carbocycles. The van der Waals surface area contributed by atoms with E-state index in [9.17, 15) is 9.59 Å². The maximum atomic E-state index is 12.2. The second-order valence-electron chi connectivity index (χ2n) is 6.21. The van der Waals surface area contributed by atoms with Gasteiger partial charge in [-0.25, -0.2) is 0 Å². The van der Waals surface area contributed by atoms with Gasteiger partial charge in [0.2, 0.25) is 0 Å². The number of halogens is 2. The van der Waals surface area contributed by atoms with Crippen LogP contribution < -0.4 is 10.6 Å². The van der Waals surface area contributed by atoms with Crippen LogP contribution >= 0.6 is 31.9 Å². The van der Waals surface area contributed by atoms with Crippen LogP contribution in [0.2, 0.25) is 0 Å². The molecule has 2 aromatic carbocycles. The number of nitrogens with one attached hydrogen (secondary N) is 2. The molecular weight excluding hydrogens is 520 g/mol. The Morgan fingerprint density at radius 1 is 0.700 bits per heavy atom. The third-order valence-electron chi connectivity index (χ3n) is 4.03. The lowest BCUT2D eigenvalue weighted by atomic mass is 10.1. The standard InChI is InChI=1S/C20H20Br2N4O4/c21-15-5-1-13(2-6-15)11-17(25-29)19(27)23-9-10-24-20(28)18(26-30)12-14-3-7-16(22)8-4-14/h1-8,29-30H,9-12H2,(H,23,27)(H,24,28). The van der Waals surface area contributed by atoms with Gasteiger partial charge in [0.15, 0.2) is 0 Å². The van der Waals surface area contributed by atoms with Gasteiger partial charge in [0.1, 0.15) is 11.4 Å². The fourth-order valence-corrected chi connectivity index (χ4v) is 3.00. The molecule has 10 heteroatoms. The van der Waals surface area contributed by atoms with Gasteiger partial charge in [-0.3, -0.25) is 9.59 Å². The minimum atomic E-state index is -0.541. The summed E-state index contributed by atoms with van der Waals surface area (Å²) in [6.45, 7) is 0.224. The van der Waals surface area contributed by atoms with Gasteiger partial charge in [-0.1, -0.05) is 66.4 Å². The molecule has 30 heavy (non-hydrogen) atoms. The summed E-state index contributed by atoms with van der Waals surface area (Å²) in [5.41, 5.74) is 1.53. The van der Waals surface area contributed by atoms with Crippen LogP contribution in [0.5, 0.6) is 0 Å². The number of carbonyl (C=O) groups is 2. The maximum Gasteiger partial charge on any atom is 0.269 e. The average molecular weight is 540 g/mol. The van der Waals surface area contributed by atoms with E-state index in [0.717, 1.165) is 20.1 Å². The molecule has 0 heterocycles. The lowest BCUT2D eigenvalue weighted by Gasteiger charge is -2.09. The van der Waals surface area contributed by atoms with Gasteiger partial charge in [-0.2, -0.15) is 0 Å². The zero-order valence-corrected chi connectivity index (χ0v) is 19.0. The van der Waals surface area contributed by atoms with Crippen molar-refractivity contribution in [2.24, 2.45) is 10.3 Å². The quantitative estimate of drug-likeness (QED) is 0.169. The molecule has 158 valence electrons. The van der Waals surface area contributed by atoms with Crippen molar-refractivity contribution in [3.05, 3.63) is 68.6 Å². The zero-order chi connectivity index (χ0) is 21.9. The first kappa shape index (κ1) is 23.6. The molecular formula is C20H20Br2N4O4. The second-order valence-corrected chi connectivity index (χ2v) is 8.04. The number of hydrogen-bond donors (Lipinski definition) is 4. The Hall–Kier alpha value is -2.72. The smallest absolute Gasteiger partial charge is 0.269 e. The SMILES string of the molecule is O=C(NCCNC(=O)C(Cc1ccc(Br)cc1)=NO)C(Cc1ccc(Br)cc1)=NO. The topological polar surface area (TPSA) is 123 Å². The Balaban J connectivity index is 1.77. The molecule has 0 radical (unpaired) electrons. The first-order chi connectivity index (χ1) is 14.4. The minimum Gasteiger partial charge on any atom is -0.410 e. The molecule has 0 aromatic heterocycles. The molecule has 0 atom stereocenters. The third kappa shape index (κ3) is 7.60. The monoisotopic (exact) mass is 538 g/mol. The number of rotatable bonds is 9. The summed E-state index contributed by atoms with van der Waals surface area (Å²) in [4.78, 5) is 24.3. The maximum absolute atomic E-state index is 12.2. The summed E-state index contributed by atoms with van der Waals surface area (Å²) in [5.74, 6) is -1.08. The number of nitrogens with zero attached hydrogens (tertiary/aromatic N) is 2. The van der Waals surface area contributed by atoms with Gasteiger partial charge in [-0.05, 0) is 35.4 Å². The molecule has 0 unspecified atom stereocenters. The van der Waals surface area contributed by atoms with Crippen molar-refractivity contribution in [2.75, 3.05) is 13.1 Å². The Bertz CT molecular complexity index is 851. The molecule has 0 aliphatic heterocycles. The van der Waals surface area contributed by atoms with Crippen molar-refractivity contribution < 1.29 is 20.0 Å². The Morgan fingerprint density at radius 3 is 1.33 bits per heavy atom. The summed E-state index contributed by atoms with van der Waals surface area (Å²) in [5, 5.41) is 29.5. The number of amides is 2. The highest BCUT2D eigenvalue weighted by Crippen LogP contribution is 2.12. The molecule has 0 aliphatic carbocycles. The summed E-state index contributed by atoms with van der Waals surface area (Å²) >= 11 is 6.66. The van der Waals surface area contributed by atoms with Crippen LogP contribution in [0.4, 0.5) is 0 Å². The van der Waals surface area contributed by atoms with Crippen LogP contribution in [0, 0.1) is 0 Å². The highest BCUT2D eigenvalue weighted by molar-refractivity contribution is 9.10. The largest absolute Gasteiger partial charge is 0.410 e. The molecule has 2 amide bonds. The molecule has 2 aromatic rings. The van der Waals surface area contributed by atoms with Crippen molar-refractivity contribution >= 4 is 55.1 Å². The highest BCUT2D eigenvalue weighted by Gasteiger charge is 2.15. The lowest BCUT2D eigenvalue weighted by Crippen LogP contribution is -2.40. The Morgan fingerprint density at radius 2 is 1.03 bits per heavy atom. The number of benzene rings is 2. The highest BCUT2D eigenvalue weighted by atomic mass is 79.9. The van der Waals surface area contributed by atoms with E-state index in [0.29, 0.717) is 0 Å². The first-order valence-corrected chi connectivity index (χ1v) is 10.5. The molecule has 0 saturated heterocycles. The Kier molecular flexibility index (Phi) is 9.49. The summed E-state index contributed by atoms with van der Waals surface area (Å²) in [7, 11) is 0. The van der Waals surface area contributed by atoms with E-state index < -0.39 is 11.8 Å². The molecule has 0 spiro atoms. The van der Waals surface area contributed by atoms with E-state index in [1.54, 1.807) is 0 Å². The van der Waals surface area contributed by atoms with Gasteiger partial charge in [-0.15, -0.1) is 0 Å². The van der Waals surface area contributed by atoms with Gasteiger partial charge in [0.05, 0.1) is 0 Å². The molecule has 8 nitrogen and oxygen atoms in total. The third-order valence-corrected chi connectivity index (χ3v) is 5.09. The molecule has 2 rings (SSSR count). The lowest BCUT2D eigenvalue weighted by molar-refractivity contribution is -0.116. The fraction of sp³-hybridized carbons (Fsp3) is 0.200. The van der Waals surface area contributed by atoms with Crippen molar-refractivity contribution in [1.82, 2.24) is 10.6 Å². The van der Waals surface area contributed by atoms with Crippen LogP contribution in [-0.4, -0.2) is 46.7 Å². The van der Waals surface area contributed by atoms with Crippen LogP contribution in [-0.2, 0) is 22.4 Å². The van der Waals surface area contributed by atoms with Crippen molar-refractivity contribution in [2.45, 2.75) is 12.8 Å². The molecule has 0 fully saturated rings. The van der Waals surface area contributed by atoms with E-state index in [2.05, 4.69) is 52.8 Å². The van der Waals surface area contributed by atoms with E-state index >= 15 is 0 Å². The predicted molar refractivity (Wildman–Crippen MR) is 120 cm³/mol. The van der Waals surface area contributed by atoms with E-state index in [4.69, 9.17) is 10.4 Å². The van der Waals surface area contributed by atoms with E-state index in [1.807, 2.05) is 48.5 Å². The summed E-state index contributed by atoms with van der Waals surface area (Å²) in [6, 6.07) is 14.5.